The van der Waals surface area contributed by atoms with Crippen molar-refractivity contribution in [2.75, 3.05) is 13.2 Å². The molecule has 0 saturated heterocycles. The minimum Gasteiger partial charge on any atom is -0.466 e. The number of unbranched alkanes of at least 4 members (excludes halogenated alkanes) is 13. The number of esters is 2. The molecule has 0 fully saturated rings. The van der Waals surface area contributed by atoms with Gasteiger partial charge in [-0.3, -0.25) is 9.59 Å². The van der Waals surface area contributed by atoms with Crippen LogP contribution in [0.25, 0.3) is 0 Å². The molecule has 4 nitrogen and oxygen atoms in total. The molecule has 166 valence electrons. The third-order valence-electron chi connectivity index (χ3n) is 5.03. The van der Waals surface area contributed by atoms with Gasteiger partial charge in [0, 0.05) is 12.8 Å². The first-order valence-electron chi connectivity index (χ1n) is 12.0. The zero-order chi connectivity index (χ0) is 20.7. The molecule has 0 unspecified atom stereocenters. The lowest BCUT2D eigenvalue weighted by molar-refractivity contribution is -0.146. The molecule has 0 aliphatic rings. The smallest absolute Gasteiger partial charge is 0.305 e. The number of hydrogen-bond donors (Lipinski definition) is 0. The molecule has 0 aromatic rings. The van der Waals surface area contributed by atoms with Crippen LogP contribution in [0.1, 0.15) is 129 Å². The Kier molecular flexibility index (Phi) is 21.4. The lowest BCUT2D eigenvalue weighted by Gasteiger charge is -2.06. The predicted octanol–water partition coefficient (Wildman–Crippen LogP) is 7.13. The summed E-state index contributed by atoms with van der Waals surface area (Å²) in [5.74, 6) is -0.273. The van der Waals surface area contributed by atoms with Crippen LogP contribution < -0.4 is 0 Å². The molecule has 0 atom stereocenters. The van der Waals surface area contributed by atoms with Gasteiger partial charge < -0.3 is 9.47 Å². The number of carbonyl (C=O) groups is 2. The summed E-state index contributed by atoms with van der Waals surface area (Å²) in [6.45, 7) is 5.51. The predicted molar refractivity (Wildman–Crippen MR) is 116 cm³/mol. The molecule has 0 saturated carbocycles. The summed E-state index contributed by atoms with van der Waals surface area (Å²) in [5, 5.41) is 0. The van der Waals surface area contributed by atoms with E-state index < -0.39 is 0 Å². The highest BCUT2D eigenvalue weighted by atomic mass is 16.5. The van der Waals surface area contributed by atoms with E-state index >= 15 is 0 Å². The molecule has 0 rings (SSSR count). The van der Waals surface area contributed by atoms with Crippen molar-refractivity contribution in [3.8, 4) is 0 Å². The van der Waals surface area contributed by atoms with Crippen molar-refractivity contribution in [1.82, 2.24) is 0 Å². The third kappa shape index (κ3) is 21.2. The van der Waals surface area contributed by atoms with Gasteiger partial charge in [-0.05, 0) is 25.7 Å². The topological polar surface area (TPSA) is 52.6 Å². The van der Waals surface area contributed by atoms with Gasteiger partial charge in [-0.2, -0.15) is 0 Å². The van der Waals surface area contributed by atoms with Crippen molar-refractivity contribution in [2.24, 2.45) is 0 Å². The zero-order valence-corrected chi connectivity index (χ0v) is 18.8. The average Bonchev–Trinajstić information content (AvgIpc) is 2.69. The molecule has 28 heavy (non-hydrogen) atoms. The Hall–Kier alpha value is -1.06. The number of hydrogen-bond acceptors (Lipinski definition) is 4. The summed E-state index contributed by atoms with van der Waals surface area (Å²) >= 11 is 0. The standard InChI is InChI=1S/C24H46O4/c1-3-5-7-9-11-13-17-21-27-23(25)19-15-16-20-24(26)28-22-18-14-12-10-8-6-4-2/h3-22H2,1-2H3. The van der Waals surface area contributed by atoms with Crippen molar-refractivity contribution in [3.05, 3.63) is 0 Å². The highest BCUT2D eigenvalue weighted by molar-refractivity contribution is 5.70. The summed E-state index contributed by atoms with van der Waals surface area (Å²) in [5.41, 5.74) is 0. The average molecular weight is 399 g/mol. The molecule has 0 spiro atoms. The number of ether oxygens (including phenoxy) is 2. The van der Waals surface area contributed by atoms with Gasteiger partial charge in [-0.25, -0.2) is 0 Å². The molecular formula is C24H46O4. The second kappa shape index (κ2) is 22.2. The molecular weight excluding hydrogens is 352 g/mol. The van der Waals surface area contributed by atoms with Crippen LogP contribution in [-0.2, 0) is 19.1 Å². The van der Waals surface area contributed by atoms with E-state index in [2.05, 4.69) is 13.8 Å². The normalized spacial score (nSPS) is 10.8. The van der Waals surface area contributed by atoms with Gasteiger partial charge in [0.2, 0.25) is 0 Å². The van der Waals surface area contributed by atoms with Gasteiger partial charge in [-0.1, -0.05) is 90.9 Å². The van der Waals surface area contributed by atoms with E-state index in [0.717, 1.165) is 25.7 Å². The third-order valence-corrected chi connectivity index (χ3v) is 5.03. The van der Waals surface area contributed by atoms with Crippen LogP contribution >= 0.6 is 0 Å². The molecule has 0 aliphatic heterocycles. The second-order valence-corrected chi connectivity index (χ2v) is 7.89. The van der Waals surface area contributed by atoms with Gasteiger partial charge >= 0.3 is 11.9 Å². The van der Waals surface area contributed by atoms with Gasteiger partial charge in [0.25, 0.3) is 0 Å². The highest BCUT2D eigenvalue weighted by Crippen LogP contribution is 2.09. The van der Waals surface area contributed by atoms with Crippen molar-refractivity contribution >= 4 is 11.9 Å². The minimum absolute atomic E-state index is 0.137. The van der Waals surface area contributed by atoms with Crippen LogP contribution in [0.3, 0.4) is 0 Å². The van der Waals surface area contributed by atoms with Crippen LogP contribution in [0.5, 0.6) is 0 Å². The monoisotopic (exact) mass is 398 g/mol. The number of carbonyl (C=O) groups excluding carboxylic acids is 2. The van der Waals surface area contributed by atoms with E-state index in [4.69, 9.17) is 9.47 Å². The fourth-order valence-corrected chi connectivity index (χ4v) is 3.17. The number of rotatable bonds is 21. The lowest BCUT2D eigenvalue weighted by atomic mass is 10.1. The maximum Gasteiger partial charge on any atom is 0.305 e. The van der Waals surface area contributed by atoms with Gasteiger partial charge in [0.1, 0.15) is 0 Å². The molecule has 0 N–H and O–H groups in total. The first-order chi connectivity index (χ1) is 13.7. The van der Waals surface area contributed by atoms with Crippen molar-refractivity contribution in [2.45, 2.75) is 129 Å². The summed E-state index contributed by atoms with van der Waals surface area (Å²) in [4.78, 5) is 23.3. The summed E-state index contributed by atoms with van der Waals surface area (Å²) in [6.07, 6.45) is 19.3. The van der Waals surface area contributed by atoms with Crippen LogP contribution in [0, 0.1) is 0 Å². The Bertz CT molecular complexity index is 321. The Morgan fingerprint density at radius 2 is 0.786 bits per heavy atom. The minimum atomic E-state index is -0.137. The van der Waals surface area contributed by atoms with E-state index in [0.29, 0.717) is 38.9 Å². The maximum absolute atomic E-state index is 11.7. The Morgan fingerprint density at radius 1 is 0.464 bits per heavy atom. The molecule has 0 radical (unpaired) electrons. The second-order valence-electron chi connectivity index (χ2n) is 7.89. The highest BCUT2D eigenvalue weighted by Gasteiger charge is 2.06. The van der Waals surface area contributed by atoms with Crippen molar-refractivity contribution < 1.29 is 19.1 Å². The largest absolute Gasteiger partial charge is 0.466 e. The Labute approximate surface area is 174 Å². The van der Waals surface area contributed by atoms with E-state index in [1.54, 1.807) is 0 Å². The van der Waals surface area contributed by atoms with E-state index in [9.17, 15) is 9.59 Å². The van der Waals surface area contributed by atoms with Crippen LogP contribution in [0.4, 0.5) is 0 Å². The van der Waals surface area contributed by atoms with E-state index in [-0.39, 0.29) is 11.9 Å². The molecule has 0 aromatic heterocycles. The van der Waals surface area contributed by atoms with Crippen molar-refractivity contribution in [1.29, 1.82) is 0 Å². The van der Waals surface area contributed by atoms with E-state index in [1.165, 1.54) is 64.2 Å². The molecule has 0 aliphatic carbocycles. The Balaban J connectivity index is 3.30. The Morgan fingerprint density at radius 3 is 1.14 bits per heavy atom. The van der Waals surface area contributed by atoms with Gasteiger partial charge in [0.15, 0.2) is 0 Å². The van der Waals surface area contributed by atoms with Crippen LogP contribution in [0.2, 0.25) is 0 Å². The van der Waals surface area contributed by atoms with Gasteiger partial charge in [0.05, 0.1) is 13.2 Å². The van der Waals surface area contributed by atoms with Gasteiger partial charge in [-0.15, -0.1) is 0 Å². The molecule has 0 aromatic carbocycles. The molecule has 0 amide bonds. The van der Waals surface area contributed by atoms with Crippen LogP contribution in [0.15, 0.2) is 0 Å². The summed E-state index contributed by atoms with van der Waals surface area (Å²) < 4.78 is 10.5. The quantitative estimate of drug-likeness (QED) is 0.152. The van der Waals surface area contributed by atoms with E-state index in [1.807, 2.05) is 0 Å². The molecule has 0 heterocycles. The fraction of sp³-hybridized carbons (Fsp3) is 0.917. The molecule has 4 heteroatoms. The SMILES string of the molecule is CCCCCCCCCOC(=O)CCCCC(=O)OCCCCCCCCC. The van der Waals surface area contributed by atoms with Crippen molar-refractivity contribution in [3.63, 3.8) is 0 Å². The molecule has 0 bridgehead atoms. The fourth-order valence-electron chi connectivity index (χ4n) is 3.17. The summed E-state index contributed by atoms with van der Waals surface area (Å²) in [6, 6.07) is 0. The lowest BCUT2D eigenvalue weighted by Crippen LogP contribution is -2.08. The zero-order valence-electron chi connectivity index (χ0n) is 18.8. The first kappa shape index (κ1) is 26.9. The maximum atomic E-state index is 11.7. The first-order valence-corrected chi connectivity index (χ1v) is 12.0. The summed E-state index contributed by atoms with van der Waals surface area (Å²) in [7, 11) is 0. The van der Waals surface area contributed by atoms with Crippen LogP contribution in [-0.4, -0.2) is 25.2 Å².